The Balaban J connectivity index is 3.44. The van der Waals surface area contributed by atoms with Crippen LogP contribution in [0.15, 0.2) is 35.7 Å². The highest BCUT2D eigenvalue weighted by Gasteiger charge is 2.28. The SMILES string of the molecule is C=CCN(CCC)S(=O)(=O)c1cc(F)ccc1C(=O)OC. The molecule has 116 valence electrons. The fourth-order valence-electron chi connectivity index (χ4n) is 1.83. The average Bonchev–Trinajstić information content (AvgIpc) is 2.46. The third kappa shape index (κ3) is 3.89. The molecule has 1 rings (SSSR count). The number of rotatable bonds is 7. The van der Waals surface area contributed by atoms with Crippen molar-refractivity contribution in [2.45, 2.75) is 18.2 Å². The molecule has 0 saturated carbocycles. The van der Waals surface area contributed by atoms with Crippen molar-refractivity contribution < 1.29 is 22.3 Å². The van der Waals surface area contributed by atoms with Gasteiger partial charge in [0.15, 0.2) is 0 Å². The Morgan fingerprint density at radius 2 is 2.14 bits per heavy atom. The number of hydrogen-bond donors (Lipinski definition) is 0. The van der Waals surface area contributed by atoms with Gasteiger partial charge in [-0.15, -0.1) is 6.58 Å². The van der Waals surface area contributed by atoms with Crippen LogP contribution in [0.5, 0.6) is 0 Å². The molecule has 21 heavy (non-hydrogen) atoms. The van der Waals surface area contributed by atoms with Crippen LogP contribution in [0.1, 0.15) is 23.7 Å². The highest BCUT2D eigenvalue weighted by atomic mass is 32.2. The van der Waals surface area contributed by atoms with Crippen molar-refractivity contribution in [2.24, 2.45) is 0 Å². The van der Waals surface area contributed by atoms with Gasteiger partial charge in [0.25, 0.3) is 0 Å². The number of carbonyl (C=O) groups excluding carboxylic acids is 1. The van der Waals surface area contributed by atoms with Gasteiger partial charge in [0.2, 0.25) is 10.0 Å². The second kappa shape index (κ2) is 7.33. The largest absolute Gasteiger partial charge is 0.465 e. The molecular weight excluding hydrogens is 297 g/mol. The zero-order valence-corrected chi connectivity index (χ0v) is 12.8. The number of carbonyl (C=O) groups is 1. The quantitative estimate of drug-likeness (QED) is 0.571. The van der Waals surface area contributed by atoms with Crippen LogP contribution in [0.3, 0.4) is 0 Å². The monoisotopic (exact) mass is 315 g/mol. The van der Waals surface area contributed by atoms with Crippen molar-refractivity contribution in [2.75, 3.05) is 20.2 Å². The molecule has 0 fully saturated rings. The van der Waals surface area contributed by atoms with E-state index in [4.69, 9.17) is 0 Å². The first-order chi connectivity index (χ1) is 9.88. The van der Waals surface area contributed by atoms with E-state index < -0.39 is 26.7 Å². The molecule has 0 bridgehead atoms. The molecular formula is C14H18FNO4S. The van der Waals surface area contributed by atoms with Crippen LogP contribution in [-0.4, -0.2) is 38.9 Å². The summed E-state index contributed by atoms with van der Waals surface area (Å²) in [5, 5.41) is 0. The second-order valence-corrected chi connectivity index (χ2v) is 6.19. The Labute approximate surface area is 124 Å². The average molecular weight is 315 g/mol. The van der Waals surface area contributed by atoms with E-state index >= 15 is 0 Å². The summed E-state index contributed by atoms with van der Waals surface area (Å²) in [5.41, 5.74) is -0.191. The summed E-state index contributed by atoms with van der Waals surface area (Å²) in [7, 11) is -2.88. The number of benzene rings is 1. The molecule has 0 saturated heterocycles. The predicted octanol–water partition coefficient (Wildman–Crippen LogP) is 2.20. The zero-order valence-electron chi connectivity index (χ0n) is 12.0. The number of sulfonamides is 1. The molecule has 0 unspecified atom stereocenters. The standard InChI is InChI=1S/C14H18FNO4S/c1-4-8-16(9-5-2)21(18,19)13-10-11(15)6-7-12(13)14(17)20-3/h4,6-7,10H,1,5,8-9H2,2-3H3. The van der Waals surface area contributed by atoms with Crippen molar-refractivity contribution in [1.82, 2.24) is 4.31 Å². The molecule has 0 heterocycles. The summed E-state index contributed by atoms with van der Waals surface area (Å²) in [4.78, 5) is 11.3. The normalized spacial score (nSPS) is 11.4. The minimum atomic E-state index is -4.01. The lowest BCUT2D eigenvalue weighted by Gasteiger charge is -2.21. The Morgan fingerprint density at radius 1 is 1.48 bits per heavy atom. The lowest BCUT2D eigenvalue weighted by Crippen LogP contribution is -2.33. The Morgan fingerprint density at radius 3 is 2.67 bits per heavy atom. The minimum Gasteiger partial charge on any atom is -0.465 e. The van der Waals surface area contributed by atoms with E-state index in [1.54, 1.807) is 0 Å². The van der Waals surface area contributed by atoms with Crippen molar-refractivity contribution in [3.63, 3.8) is 0 Å². The van der Waals surface area contributed by atoms with Crippen molar-refractivity contribution in [3.8, 4) is 0 Å². The van der Waals surface area contributed by atoms with E-state index in [9.17, 15) is 17.6 Å². The summed E-state index contributed by atoms with van der Waals surface area (Å²) in [6, 6.07) is 2.95. The third-order valence-corrected chi connectivity index (χ3v) is 4.68. The topological polar surface area (TPSA) is 63.7 Å². The van der Waals surface area contributed by atoms with E-state index in [0.29, 0.717) is 6.42 Å². The minimum absolute atomic E-state index is 0.0767. The molecule has 0 atom stereocenters. The first-order valence-corrected chi connectivity index (χ1v) is 7.81. The lowest BCUT2D eigenvalue weighted by atomic mass is 10.2. The molecule has 0 aliphatic heterocycles. The molecule has 0 aliphatic carbocycles. The van der Waals surface area contributed by atoms with Crippen molar-refractivity contribution in [3.05, 3.63) is 42.2 Å². The Hall–Kier alpha value is -1.73. The maximum Gasteiger partial charge on any atom is 0.339 e. The number of nitrogens with zero attached hydrogens (tertiary/aromatic N) is 1. The number of methoxy groups -OCH3 is 1. The van der Waals surface area contributed by atoms with Gasteiger partial charge in [-0.1, -0.05) is 13.0 Å². The Kier molecular flexibility index (Phi) is 6.04. The fourth-order valence-corrected chi connectivity index (χ4v) is 3.52. The third-order valence-electron chi connectivity index (χ3n) is 2.77. The van der Waals surface area contributed by atoms with Crippen LogP contribution < -0.4 is 0 Å². The van der Waals surface area contributed by atoms with Gasteiger partial charge in [0, 0.05) is 13.1 Å². The van der Waals surface area contributed by atoms with Gasteiger partial charge in [-0.25, -0.2) is 17.6 Å². The highest BCUT2D eigenvalue weighted by Crippen LogP contribution is 2.22. The molecule has 1 aromatic rings. The summed E-state index contributed by atoms with van der Waals surface area (Å²) in [5.74, 6) is -1.57. The van der Waals surface area contributed by atoms with E-state index in [0.717, 1.165) is 29.6 Å². The van der Waals surface area contributed by atoms with Gasteiger partial charge in [-0.05, 0) is 24.6 Å². The first kappa shape index (κ1) is 17.3. The van der Waals surface area contributed by atoms with Crippen LogP contribution in [0.25, 0.3) is 0 Å². The van der Waals surface area contributed by atoms with Crippen LogP contribution in [0.2, 0.25) is 0 Å². The molecule has 0 aromatic heterocycles. The van der Waals surface area contributed by atoms with Gasteiger partial charge in [-0.2, -0.15) is 4.31 Å². The van der Waals surface area contributed by atoms with E-state index in [1.807, 2.05) is 6.92 Å². The van der Waals surface area contributed by atoms with E-state index in [1.165, 1.54) is 6.08 Å². The predicted molar refractivity (Wildman–Crippen MR) is 77.0 cm³/mol. The molecule has 0 aliphatic rings. The van der Waals surface area contributed by atoms with E-state index in [2.05, 4.69) is 11.3 Å². The number of hydrogen-bond acceptors (Lipinski definition) is 4. The number of esters is 1. The smallest absolute Gasteiger partial charge is 0.339 e. The van der Waals surface area contributed by atoms with Gasteiger partial charge in [0.1, 0.15) is 5.82 Å². The van der Waals surface area contributed by atoms with E-state index in [-0.39, 0.29) is 18.7 Å². The second-order valence-electron chi connectivity index (χ2n) is 4.28. The maximum atomic E-state index is 13.4. The molecule has 0 spiro atoms. The first-order valence-electron chi connectivity index (χ1n) is 6.37. The summed E-state index contributed by atoms with van der Waals surface area (Å²) in [6.07, 6.45) is 2.01. The summed E-state index contributed by atoms with van der Waals surface area (Å²) < 4.78 is 44.3. The molecule has 0 radical (unpaired) electrons. The van der Waals surface area contributed by atoms with Crippen molar-refractivity contribution >= 4 is 16.0 Å². The molecule has 1 aromatic carbocycles. The summed E-state index contributed by atoms with van der Waals surface area (Å²) >= 11 is 0. The number of ether oxygens (including phenoxy) is 1. The molecule has 0 N–H and O–H groups in total. The molecule has 5 nitrogen and oxygen atoms in total. The van der Waals surface area contributed by atoms with Gasteiger partial charge < -0.3 is 4.74 Å². The summed E-state index contributed by atoms with van der Waals surface area (Å²) in [6.45, 7) is 5.65. The maximum absolute atomic E-state index is 13.4. The van der Waals surface area contributed by atoms with Crippen LogP contribution in [0.4, 0.5) is 4.39 Å². The van der Waals surface area contributed by atoms with Gasteiger partial charge in [-0.3, -0.25) is 0 Å². The fraction of sp³-hybridized carbons (Fsp3) is 0.357. The molecule has 0 amide bonds. The Bertz CT molecular complexity index is 628. The lowest BCUT2D eigenvalue weighted by molar-refractivity contribution is 0.0596. The number of halogens is 1. The van der Waals surface area contributed by atoms with Gasteiger partial charge >= 0.3 is 5.97 Å². The molecule has 7 heteroatoms. The van der Waals surface area contributed by atoms with Crippen molar-refractivity contribution in [1.29, 1.82) is 0 Å². The van der Waals surface area contributed by atoms with Crippen LogP contribution >= 0.6 is 0 Å². The van der Waals surface area contributed by atoms with Crippen LogP contribution in [0, 0.1) is 5.82 Å². The highest BCUT2D eigenvalue weighted by molar-refractivity contribution is 7.89. The zero-order chi connectivity index (χ0) is 16.0. The van der Waals surface area contributed by atoms with Gasteiger partial charge in [0.05, 0.1) is 17.6 Å². The van der Waals surface area contributed by atoms with Crippen LogP contribution in [-0.2, 0) is 14.8 Å².